The summed E-state index contributed by atoms with van der Waals surface area (Å²) in [5.41, 5.74) is -0.0303. The molecule has 0 bridgehead atoms. The summed E-state index contributed by atoms with van der Waals surface area (Å²) >= 11 is 0. The summed E-state index contributed by atoms with van der Waals surface area (Å²) in [5.74, 6) is -1.97. The van der Waals surface area contributed by atoms with Crippen molar-refractivity contribution >= 4 is 22.8 Å². The second-order valence-electron chi connectivity index (χ2n) is 5.76. The maximum absolute atomic E-state index is 13.5. The summed E-state index contributed by atoms with van der Waals surface area (Å²) in [6.07, 6.45) is -0.833. The van der Waals surface area contributed by atoms with Gasteiger partial charge in [-0.25, -0.2) is 9.37 Å². The summed E-state index contributed by atoms with van der Waals surface area (Å²) < 4.78 is 18.7. The Morgan fingerprint density at radius 1 is 1.19 bits per heavy atom. The number of esters is 1. The van der Waals surface area contributed by atoms with E-state index >= 15 is 0 Å². The van der Waals surface area contributed by atoms with Crippen LogP contribution in [0.1, 0.15) is 29.2 Å². The number of nitrogens with zero attached hydrogens (tertiary/aromatic N) is 1. The minimum Gasteiger partial charge on any atom is -0.453 e. The predicted octanol–water partition coefficient (Wildman–Crippen LogP) is 2.10. The third-order valence-electron chi connectivity index (χ3n) is 3.84. The SMILES string of the molecule is CC(OC(=O)CNC(=O)c1ccccc1F)c1nc2ccccc2c(=O)[nH]1. The van der Waals surface area contributed by atoms with Gasteiger partial charge in [0.2, 0.25) is 0 Å². The van der Waals surface area contributed by atoms with Crippen molar-refractivity contribution in [2.45, 2.75) is 13.0 Å². The molecule has 27 heavy (non-hydrogen) atoms. The number of amides is 1. The lowest BCUT2D eigenvalue weighted by Crippen LogP contribution is -2.32. The normalized spacial score (nSPS) is 11.8. The highest BCUT2D eigenvalue weighted by molar-refractivity contribution is 5.96. The molecule has 1 amide bonds. The molecule has 138 valence electrons. The molecule has 8 heteroatoms. The van der Waals surface area contributed by atoms with Crippen LogP contribution in [0.4, 0.5) is 4.39 Å². The lowest BCUT2D eigenvalue weighted by atomic mass is 10.2. The number of nitrogens with one attached hydrogen (secondary N) is 2. The Hall–Kier alpha value is -3.55. The Bertz CT molecular complexity index is 1060. The number of para-hydroxylation sites is 1. The standard InChI is InChI=1S/C19H16FN3O4/c1-11(17-22-15-9-5-3-7-13(15)19(26)23-17)27-16(24)10-21-18(25)12-6-2-4-8-14(12)20/h2-9,11H,10H2,1H3,(H,21,25)(H,22,23,26). The summed E-state index contributed by atoms with van der Waals surface area (Å²) in [7, 11) is 0. The Kier molecular flexibility index (Phi) is 5.25. The van der Waals surface area contributed by atoms with Crippen LogP contribution < -0.4 is 10.9 Å². The van der Waals surface area contributed by atoms with Crippen LogP contribution in [0, 0.1) is 5.82 Å². The van der Waals surface area contributed by atoms with E-state index in [1.54, 1.807) is 31.2 Å². The van der Waals surface area contributed by atoms with Crippen LogP contribution in [0.3, 0.4) is 0 Å². The van der Waals surface area contributed by atoms with Crippen LogP contribution in [0.15, 0.2) is 53.3 Å². The summed E-state index contributed by atoms with van der Waals surface area (Å²) in [5, 5.41) is 2.72. The number of hydrogen-bond acceptors (Lipinski definition) is 5. The first-order valence-corrected chi connectivity index (χ1v) is 8.17. The van der Waals surface area contributed by atoms with Crippen LogP contribution >= 0.6 is 0 Å². The number of rotatable bonds is 5. The zero-order valence-corrected chi connectivity index (χ0v) is 14.4. The fraction of sp³-hybridized carbons (Fsp3) is 0.158. The molecule has 1 aromatic heterocycles. The predicted molar refractivity (Wildman–Crippen MR) is 95.6 cm³/mol. The van der Waals surface area contributed by atoms with Crippen LogP contribution in [0.5, 0.6) is 0 Å². The molecule has 0 fully saturated rings. The van der Waals surface area contributed by atoms with Crippen molar-refractivity contribution in [1.82, 2.24) is 15.3 Å². The molecule has 2 aromatic carbocycles. The zero-order chi connectivity index (χ0) is 19.4. The van der Waals surface area contributed by atoms with E-state index in [1.165, 1.54) is 18.2 Å². The Balaban J connectivity index is 1.63. The number of carbonyl (C=O) groups excluding carboxylic acids is 2. The molecule has 0 aliphatic carbocycles. The van der Waals surface area contributed by atoms with Gasteiger partial charge in [0.1, 0.15) is 12.4 Å². The van der Waals surface area contributed by atoms with Crippen molar-refractivity contribution in [1.29, 1.82) is 0 Å². The quantitative estimate of drug-likeness (QED) is 0.671. The van der Waals surface area contributed by atoms with Gasteiger partial charge in [-0.05, 0) is 31.2 Å². The Morgan fingerprint density at radius 3 is 2.67 bits per heavy atom. The van der Waals surface area contributed by atoms with Crippen molar-refractivity contribution in [2.24, 2.45) is 0 Å². The number of halogens is 1. The van der Waals surface area contributed by atoms with Crippen LogP contribution in [-0.4, -0.2) is 28.4 Å². The number of benzene rings is 2. The van der Waals surface area contributed by atoms with E-state index in [1.807, 2.05) is 0 Å². The fourth-order valence-corrected chi connectivity index (χ4v) is 2.48. The topological polar surface area (TPSA) is 101 Å². The first-order valence-electron chi connectivity index (χ1n) is 8.17. The van der Waals surface area contributed by atoms with Gasteiger partial charge in [-0.1, -0.05) is 24.3 Å². The van der Waals surface area contributed by atoms with Crippen molar-refractivity contribution < 1.29 is 18.7 Å². The smallest absolute Gasteiger partial charge is 0.326 e. The molecule has 1 atom stereocenters. The van der Waals surface area contributed by atoms with Gasteiger partial charge in [-0.2, -0.15) is 0 Å². The van der Waals surface area contributed by atoms with Gasteiger partial charge in [0.05, 0.1) is 16.5 Å². The van der Waals surface area contributed by atoms with Crippen LogP contribution in [0.2, 0.25) is 0 Å². The highest BCUT2D eigenvalue weighted by Gasteiger charge is 2.17. The average molecular weight is 369 g/mol. The highest BCUT2D eigenvalue weighted by atomic mass is 19.1. The van der Waals surface area contributed by atoms with Gasteiger partial charge in [0.25, 0.3) is 11.5 Å². The largest absolute Gasteiger partial charge is 0.453 e. The molecule has 0 spiro atoms. The number of H-pyrrole nitrogens is 1. The minimum absolute atomic E-state index is 0.168. The molecule has 7 nitrogen and oxygen atoms in total. The van der Waals surface area contributed by atoms with Crippen molar-refractivity contribution in [3.8, 4) is 0 Å². The Labute approximate surface area is 153 Å². The summed E-state index contributed by atoms with van der Waals surface area (Å²) in [4.78, 5) is 42.8. The number of carbonyl (C=O) groups is 2. The first kappa shape index (κ1) is 18.2. The average Bonchev–Trinajstić information content (AvgIpc) is 2.66. The first-order chi connectivity index (χ1) is 13.0. The third-order valence-corrected chi connectivity index (χ3v) is 3.84. The molecule has 1 unspecified atom stereocenters. The van der Waals surface area contributed by atoms with Crippen molar-refractivity contribution in [3.05, 3.63) is 76.1 Å². The monoisotopic (exact) mass is 369 g/mol. The second kappa shape index (κ2) is 7.77. The van der Waals surface area contributed by atoms with Gasteiger partial charge >= 0.3 is 5.97 Å². The van der Waals surface area contributed by atoms with Crippen LogP contribution in [0.25, 0.3) is 10.9 Å². The molecule has 0 radical (unpaired) electrons. The summed E-state index contributed by atoms with van der Waals surface area (Å²) in [6.45, 7) is 1.10. The highest BCUT2D eigenvalue weighted by Crippen LogP contribution is 2.14. The molecular formula is C19H16FN3O4. The van der Waals surface area contributed by atoms with E-state index in [-0.39, 0.29) is 16.9 Å². The Morgan fingerprint density at radius 2 is 1.89 bits per heavy atom. The molecule has 3 rings (SSSR count). The van der Waals surface area contributed by atoms with E-state index in [2.05, 4.69) is 15.3 Å². The maximum atomic E-state index is 13.5. The van der Waals surface area contributed by atoms with E-state index in [0.29, 0.717) is 10.9 Å². The summed E-state index contributed by atoms with van der Waals surface area (Å²) in [6, 6.07) is 12.2. The molecule has 1 heterocycles. The number of ether oxygens (including phenoxy) is 1. The number of aromatic amines is 1. The molecule has 3 aromatic rings. The molecule has 0 aliphatic rings. The number of hydrogen-bond donors (Lipinski definition) is 2. The van der Waals surface area contributed by atoms with E-state index < -0.39 is 30.3 Å². The van der Waals surface area contributed by atoms with E-state index in [0.717, 1.165) is 6.07 Å². The van der Waals surface area contributed by atoms with Crippen molar-refractivity contribution in [3.63, 3.8) is 0 Å². The molecular weight excluding hydrogens is 353 g/mol. The molecule has 0 saturated carbocycles. The second-order valence-corrected chi connectivity index (χ2v) is 5.76. The van der Waals surface area contributed by atoms with Crippen molar-refractivity contribution in [2.75, 3.05) is 6.54 Å². The van der Waals surface area contributed by atoms with Gasteiger partial charge in [0.15, 0.2) is 11.9 Å². The zero-order valence-electron chi connectivity index (χ0n) is 14.4. The number of fused-ring (bicyclic) bond motifs is 1. The van der Waals surface area contributed by atoms with Gasteiger partial charge in [-0.15, -0.1) is 0 Å². The minimum atomic E-state index is -0.833. The molecule has 2 N–H and O–H groups in total. The van der Waals surface area contributed by atoms with Gasteiger partial charge in [0, 0.05) is 0 Å². The van der Waals surface area contributed by atoms with E-state index in [9.17, 15) is 18.8 Å². The molecule has 0 saturated heterocycles. The lowest BCUT2D eigenvalue weighted by molar-refractivity contribution is -0.147. The van der Waals surface area contributed by atoms with E-state index in [4.69, 9.17) is 4.74 Å². The van der Waals surface area contributed by atoms with Gasteiger partial charge < -0.3 is 15.0 Å². The lowest BCUT2D eigenvalue weighted by Gasteiger charge is -2.13. The number of aromatic nitrogens is 2. The maximum Gasteiger partial charge on any atom is 0.326 e. The van der Waals surface area contributed by atoms with Crippen LogP contribution in [-0.2, 0) is 9.53 Å². The van der Waals surface area contributed by atoms with Gasteiger partial charge in [-0.3, -0.25) is 14.4 Å². The molecule has 0 aliphatic heterocycles. The third kappa shape index (κ3) is 4.17. The fourth-order valence-electron chi connectivity index (χ4n) is 2.48.